The number of imide groups is 1. The molecule has 8 nitrogen and oxygen atoms in total. The van der Waals surface area contributed by atoms with Gasteiger partial charge in [-0.1, -0.05) is 44.2 Å². The van der Waals surface area contributed by atoms with Crippen molar-refractivity contribution in [1.82, 2.24) is 15.1 Å². The summed E-state index contributed by atoms with van der Waals surface area (Å²) >= 11 is 0. The van der Waals surface area contributed by atoms with Crippen LogP contribution in [-0.4, -0.2) is 58.8 Å². The molecule has 0 saturated carbocycles. The van der Waals surface area contributed by atoms with Gasteiger partial charge in [-0.25, -0.2) is 9.69 Å². The van der Waals surface area contributed by atoms with Gasteiger partial charge in [0.15, 0.2) is 0 Å². The molecule has 0 unspecified atom stereocenters. The fraction of sp³-hybridized carbons (Fsp3) is 0.565. The molecule has 1 aromatic rings. The molecule has 2 atom stereocenters. The summed E-state index contributed by atoms with van der Waals surface area (Å²) in [5.41, 5.74) is 0.781. The maximum absolute atomic E-state index is 13.3. The second-order valence-corrected chi connectivity index (χ2v) is 8.58. The van der Waals surface area contributed by atoms with Gasteiger partial charge in [-0.3, -0.25) is 14.4 Å². The molecule has 0 aliphatic carbocycles. The average molecular weight is 430 g/mol. The fourth-order valence-electron chi connectivity index (χ4n) is 4.04. The van der Waals surface area contributed by atoms with E-state index in [-0.39, 0.29) is 30.8 Å². The van der Waals surface area contributed by atoms with Crippen LogP contribution < -0.4 is 5.32 Å². The van der Waals surface area contributed by atoms with Crippen LogP contribution >= 0.6 is 0 Å². The number of nitrogens with zero attached hydrogens (tertiary/aromatic N) is 2. The van der Waals surface area contributed by atoms with Gasteiger partial charge < -0.3 is 15.0 Å². The molecule has 2 aliphatic rings. The number of likely N-dealkylation sites (tertiary alicyclic amines) is 1. The van der Waals surface area contributed by atoms with Gasteiger partial charge >= 0.3 is 6.09 Å². The molecule has 2 fully saturated rings. The molecule has 1 N–H and O–H groups in total. The molecule has 8 heteroatoms. The number of benzene rings is 1. The molecule has 0 aromatic heterocycles. The number of rotatable bonds is 7. The minimum Gasteiger partial charge on any atom is -0.444 e. The first-order valence-electron chi connectivity index (χ1n) is 11.0. The molecular formula is C23H31N3O5. The number of ether oxygens (including phenoxy) is 1. The zero-order chi connectivity index (χ0) is 22.4. The molecule has 31 heavy (non-hydrogen) atoms. The van der Waals surface area contributed by atoms with Gasteiger partial charge in [0.2, 0.25) is 11.8 Å². The highest BCUT2D eigenvalue weighted by Gasteiger charge is 2.43. The summed E-state index contributed by atoms with van der Waals surface area (Å²) in [5, 5.41) is 2.62. The van der Waals surface area contributed by atoms with Gasteiger partial charge in [-0.05, 0) is 37.2 Å². The topological polar surface area (TPSA) is 96.0 Å². The van der Waals surface area contributed by atoms with Gasteiger partial charge in [-0.15, -0.1) is 0 Å². The molecule has 2 saturated heterocycles. The Labute approximate surface area is 182 Å². The van der Waals surface area contributed by atoms with Crippen molar-refractivity contribution in [2.24, 2.45) is 5.92 Å². The second-order valence-electron chi connectivity index (χ2n) is 8.58. The Bertz CT molecular complexity index is 805. The van der Waals surface area contributed by atoms with Crippen LogP contribution in [0.5, 0.6) is 0 Å². The number of carbonyl (C=O) groups is 4. The zero-order valence-electron chi connectivity index (χ0n) is 18.2. The summed E-state index contributed by atoms with van der Waals surface area (Å²) in [6.07, 6.45) is 1.82. The van der Waals surface area contributed by atoms with E-state index in [1.807, 2.05) is 44.2 Å². The maximum Gasteiger partial charge on any atom is 0.417 e. The lowest BCUT2D eigenvalue weighted by Gasteiger charge is -2.33. The van der Waals surface area contributed by atoms with Crippen molar-refractivity contribution < 1.29 is 23.9 Å². The largest absolute Gasteiger partial charge is 0.444 e. The van der Waals surface area contributed by atoms with Crippen molar-refractivity contribution in [1.29, 1.82) is 0 Å². The highest BCUT2D eigenvalue weighted by Crippen LogP contribution is 2.22. The van der Waals surface area contributed by atoms with E-state index in [4.69, 9.17) is 4.74 Å². The summed E-state index contributed by atoms with van der Waals surface area (Å²) in [6.45, 7) is 5.12. The van der Waals surface area contributed by atoms with Crippen molar-refractivity contribution in [3.63, 3.8) is 0 Å². The number of hydrogen-bond acceptors (Lipinski definition) is 5. The van der Waals surface area contributed by atoms with Crippen molar-refractivity contribution in [3.05, 3.63) is 35.9 Å². The molecule has 168 valence electrons. The van der Waals surface area contributed by atoms with Crippen LogP contribution in [-0.2, 0) is 25.7 Å². The lowest BCUT2D eigenvalue weighted by atomic mass is 10.00. The van der Waals surface area contributed by atoms with Crippen molar-refractivity contribution in [3.8, 4) is 0 Å². The van der Waals surface area contributed by atoms with E-state index < -0.39 is 24.1 Å². The second kappa shape index (κ2) is 10.4. The predicted octanol–water partition coefficient (Wildman–Crippen LogP) is 2.47. The number of amides is 4. The summed E-state index contributed by atoms with van der Waals surface area (Å²) in [5.74, 6) is -0.975. The normalized spacial score (nSPS) is 19.3. The van der Waals surface area contributed by atoms with E-state index >= 15 is 0 Å². The standard InChI is InChI=1S/C23H31N3O5/c1-16(2)14-19(22(29)25-12-6-7-13-25)26(21(28)18-10-11-20(27)24-18)23(30)31-15-17-8-4-3-5-9-17/h3-5,8-9,16,18-19H,6-7,10-15H2,1-2H3,(H,24,27)/t18-,19-/m0/s1. The average Bonchev–Trinajstić information content (AvgIpc) is 3.43. The predicted molar refractivity (Wildman–Crippen MR) is 114 cm³/mol. The van der Waals surface area contributed by atoms with Crippen molar-refractivity contribution in [2.75, 3.05) is 13.1 Å². The Morgan fingerprint density at radius 3 is 2.42 bits per heavy atom. The first-order valence-corrected chi connectivity index (χ1v) is 11.0. The van der Waals surface area contributed by atoms with E-state index in [0.717, 1.165) is 23.3 Å². The molecule has 0 radical (unpaired) electrons. The smallest absolute Gasteiger partial charge is 0.417 e. The van der Waals surface area contributed by atoms with E-state index in [2.05, 4.69) is 5.32 Å². The SMILES string of the molecule is CC(C)C[C@@H](C(=O)N1CCCC1)N(C(=O)OCc1ccccc1)C(=O)[C@@H]1CCC(=O)N1. The van der Waals surface area contributed by atoms with Gasteiger partial charge in [0, 0.05) is 19.5 Å². The number of nitrogens with one attached hydrogen (secondary N) is 1. The molecule has 2 aliphatic heterocycles. The molecule has 4 amide bonds. The highest BCUT2D eigenvalue weighted by atomic mass is 16.6. The lowest BCUT2D eigenvalue weighted by Crippen LogP contribution is -2.57. The van der Waals surface area contributed by atoms with E-state index in [9.17, 15) is 19.2 Å². The van der Waals surface area contributed by atoms with Crippen LogP contribution in [0, 0.1) is 5.92 Å². The summed E-state index contributed by atoms with van der Waals surface area (Å²) in [6, 6.07) is 7.38. The fourth-order valence-corrected chi connectivity index (χ4v) is 4.04. The summed E-state index contributed by atoms with van der Waals surface area (Å²) < 4.78 is 5.46. The highest BCUT2D eigenvalue weighted by molar-refractivity contribution is 6.02. The number of hydrogen-bond donors (Lipinski definition) is 1. The first-order chi connectivity index (χ1) is 14.9. The Hall–Kier alpha value is -2.90. The monoisotopic (exact) mass is 429 g/mol. The lowest BCUT2D eigenvalue weighted by molar-refractivity contribution is -0.145. The van der Waals surface area contributed by atoms with Crippen molar-refractivity contribution >= 4 is 23.8 Å². The van der Waals surface area contributed by atoms with Gasteiger partial charge in [-0.2, -0.15) is 0 Å². The Kier molecular flexibility index (Phi) is 7.65. The van der Waals surface area contributed by atoms with Gasteiger partial charge in [0.1, 0.15) is 18.7 Å². The molecule has 1 aromatic carbocycles. The molecule has 2 heterocycles. The van der Waals surface area contributed by atoms with Crippen LogP contribution in [0.1, 0.15) is 51.5 Å². The zero-order valence-corrected chi connectivity index (χ0v) is 18.2. The van der Waals surface area contributed by atoms with Crippen LogP contribution in [0.2, 0.25) is 0 Å². The minimum atomic E-state index is -0.952. The number of carbonyl (C=O) groups excluding carboxylic acids is 4. The Balaban J connectivity index is 1.85. The Morgan fingerprint density at radius 1 is 1.16 bits per heavy atom. The first kappa shape index (κ1) is 22.8. The molecule has 0 bridgehead atoms. The van der Waals surface area contributed by atoms with E-state index in [0.29, 0.717) is 25.9 Å². The van der Waals surface area contributed by atoms with E-state index in [1.165, 1.54) is 0 Å². The van der Waals surface area contributed by atoms with Crippen LogP contribution in [0.3, 0.4) is 0 Å². The minimum absolute atomic E-state index is 0.00716. The third-order valence-electron chi connectivity index (χ3n) is 5.64. The maximum atomic E-state index is 13.3. The third kappa shape index (κ3) is 5.83. The van der Waals surface area contributed by atoms with Crippen molar-refractivity contribution in [2.45, 2.75) is 64.6 Å². The van der Waals surface area contributed by atoms with Crippen LogP contribution in [0.4, 0.5) is 4.79 Å². The third-order valence-corrected chi connectivity index (χ3v) is 5.64. The quantitative estimate of drug-likeness (QED) is 0.718. The molecule has 0 spiro atoms. The van der Waals surface area contributed by atoms with Crippen LogP contribution in [0.15, 0.2) is 30.3 Å². The summed E-state index contributed by atoms with van der Waals surface area (Å²) in [4.78, 5) is 54.1. The van der Waals surface area contributed by atoms with Gasteiger partial charge in [0.05, 0.1) is 0 Å². The summed E-state index contributed by atoms with van der Waals surface area (Å²) in [7, 11) is 0. The Morgan fingerprint density at radius 2 is 1.84 bits per heavy atom. The van der Waals surface area contributed by atoms with Crippen LogP contribution in [0.25, 0.3) is 0 Å². The molecular weight excluding hydrogens is 398 g/mol. The van der Waals surface area contributed by atoms with Gasteiger partial charge in [0.25, 0.3) is 5.91 Å². The molecule has 3 rings (SSSR count). The van der Waals surface area contributed by atoms with E-state index in [1.54, 1.807) is 4.90 Å².